The van der Waals surface area contributed by atoms with Gasteiger partial charge in [0.1, 0.15) is 5.76 Å². The molecule has 2 heterocycles. The Balaban J connectivity index is 1.84. The molecule has 0 atom stereocenters. The SMILES string of the molecule is CN1Cc2cc(-c3cc(Cl)c4oc(CN)cc4c3)ccc2C1=O. The van der Waals surface area contributed by atoms with Crippen LogP contribution in [0.2, 0.25) is 5.02 Å². The van der Waals surface area contributed by atoms with Crippen LogP contribution in [0.5, 0.6) is 0 Å². The summed E-state index contributed by atoms with van der Waals surface area (Å²) in [4.78, 5) is 13.7. The molecule has 1 aliphatic rings. The standard InChI is InChI=1S/C18H15ClN2O2/c1-21-9-13-4-10(2-3-15(13)18(21)22)11-5-12-6-14(8-20)23-17(12)16(19)7-11/h2-7H,8-9,20H2,1H3. The number of hydrogen-bond donors (Lipinski definition) is 1. The van der Waals surface area contributed by atoms with E-state index in [-0.39, 0.29) is 5.91 Å². The van der Waals surface area contributed by atoms with Gasteiger partial charge in [-0.05, 0) is 47.0 Å². The largest absolute Gasteiger partial charge is 0.458 e. The van der Waals surface area contributed by atoms with Crippen LogP contribution < -0.4 is 5.73 Å². The Labute approximate surface area is 138 Å². The van der Waals surface area contributed by atoms with Gasteiger partial charge in [-0.1, -0.05) is 17.7 Å². The van der Waals surface area contributed by atoms with Gasteiger partial charge in [-0.25, -0.2) is 0 Å². The summed E-state index contributed by atoms with van der Waals surface area (Å²) in [6.45, 7) is 0.981. The summed E-state index contributed by atoms with van der Waals surface area (Å²) in [7, 11) is 1.81. The molecule has 2 aromatic carbocycles. The van der Waals surface area contributed by atoms with E-state index in [4.69, 9.17) is 21.8 Å². The van der Waals surface area contributed by atoms with E-state index in [1.807, 2.05) is 37.4 Å². The zero-order chi connectivity index (χ0) is 16.1. The van der Waals surface area contributed by atoms with E-state index in [0.29, 0.717) is 29.5 Å². The molecule has 4 nitrogen and oxygen atoms in total. The predicted molar refractivity (Wildman–Crippen MR) is 90.3 cm³/mol. The molecular formula is C18H15ClN2O2. The number of amides is 1. The summed E-state index contributed by atoms with van der Waals surface area (Å²) in [5.41, 5.74) is 10.1. The van der Waals surface area contributed by atoms with Gasteiger partial charge >= 0.3 is 0 Å². The van der Waals surface area contributed by atoms with E-state index in [1.165, 1.54) is 0 Å². The number of benzene rings is 2. The second-order valence-electron chi connectivity index (χ2n) is 5.83. The lowest BCUT2D eigenvalue weighted by atomic mass is 9.99. The second kappa shape index (κ2) is 5.11. The van der Waals surface area contributed by atoms with Gasteiger partial charge in [0, 0.05) is 24.5 Å². The first-order chi connectivity index (χ1) is 11.1. The molecule has 0 saturated carbocycles. The van der Waals surface area contributed by atoms with E-state index in [9.17, 15) is 4.79 Å². The molecule has 5 heteroatoms. The number of carbonyl (C=O) groups is 1. The summed E-state index contributed by atoms with van der Waals surface area (Å²) in [6, 6.07) is 11.7. The molecule has 4 rings (SSSR count). The van der Waals surface area contributed by atoms with Crippen molar-refractivity contribution in [3.05, 3.63) is 58.3 Å². The minimum Gasteiger partial charge on any atom is -0.458 e. The highest BCUT2D eigenvalue weighted by Crippen LogP contribution is 2.34. The molecule has 2 N–H and O–H groups in total. The second-order valence-corrected chi connectivity index (χ2v) is 6.23. The van der Waals surface area contributed by atoms with E-state index in [0.717, 1.165) is 27.6 Å². The molecule has 1 aliphatic heterocycles. The minimum atomic E-state index is 0.0717. The van der Waals surface area contributed by atoms with Crippen LogP contribution in [0, 0.1) is 0 Å². The van der Waals surface area contributed by atoms with E-state index in [1.54, 1.807) is 4.90 Å². The normalized spacial score (nSPS) is 13.9. The predicted octanol–water partition coefficient (Wildman–Crippen LogP) is 3.80. The highest BCUT2D eigenvalue weighted by atomic mass is 35.5. The maximum atomic E-state index is 12.0. The smallest absolute Gasteiger partial charge is 0.254 e. The van der Waals surface area contributed by atoms with Crippen LogP contribution in [-0.4, -0.2) is 17.9 Å². The molecule has 1 amide bonds. The zero-order valence-corrected chi connectivity index (χ0v) is 13.4. The fraction of sp³-hybridized carbons (Fsp3) is 0.167. The van der Waals surface area contributed by atoms with Crippen molar-refractivity contribution in [1.29, 1.82) is 0 Å². The van der Waals surface area contributed by atoms with Crippen LogP contribution in [0.4, 0.5) is 0 Å². The third kappa shape index (κ3) is 2.22. The lowest BCUT2D eigenvalue weighted by Gasteiger charge is -2.05. The first kappa shape index (κ1) is 14.3. The van der Waals surface area contributed by atoms with Crippen molar-refractivity contribution in [2.75, 3.05) is 7.05 Å². The Kier molecular flexibility index (Phi) is 3.18. The Morgan fingerprint density at radius 2 is 2.04 bits per heavy atom. The Morgan fingerprint density at radius 3 is 2.83 bits per heavy atom. The number of carbonyl (C=O) groups excluding carboxylic acids is 1. The summed E-state index contributed by atoms with van der Waals surface area (Å²) >= 11 is 6.35. The van der Waals surface area contributed by atoms with Gasteiger partial charge in [-0.3, -0.25) is 4.79 Å². The van der Waals surface area contributed by atoms with Crippen molar-refractivity contribution in [3.63, 3.8) is 0 Å². The molecule has 0 radical (unpaired) electrons. The fourth-order valence-electron chi connectivity index (χ4n) is 3.08. The van der Waals surface area contributed by atoms with Gasteiger partial charge in [-0.2, -0.15) is 0 Å². The molecule has 3 aromatic rings. The topological polar surface area (TPSA) is 59.5 Å². The third-order valence-corrected chi connectivity index (χ3v) is 4.53. The molecule has 0 unspecified atom stereocenters. The number of fused-ring (bicyclic) bond motifs is 2. The Hall–Kier alpha value is -2.30. The van der Waals surface area contributed by atoms with Gasteiger partial charge in [0.15, 0.2) is 5.58 Å². The lowest BCUT2D eigenvalue weighted by Crippen LogP contribution is -2.17. The summed E-state index contributed by atoms with van der Waals surface area (Å²) in [5, 5.41) is 1.49. The van der Waals surface area contributed by atoms with E-state index >= 15 is 0 Å². The van der Waals surface area contributed by atoms with E-state index < -0.39 is 0 Å². The summed E-state index contributed by atoms with van der Waals surface area (Å²) in [6.07, 6.45) is 0. The maximum absolute atomic E-state index is 12.0. The van der Waals surface area contributed by atoms with Crippen LogP contribution in [0.1, 0.15) is 21.7 Å². The van der Waals surface area contributed by atoms with Crippen LogP contribution in [-0.2, 0) is 13.1 Å². The summed E-state index contributed by atoms with van der Waals surface area (Å²) in [5.74, 6) is 0.780. The Morgan fingerprint density at radius 1 is 1.22 bits per heavy atom. The minimum absolute atomic E-state index is 0.0717. The van der Waals surface area contributed by atoms with Gasteiger partial charge < -0.3 is 15.1 Å². The molecule has 116 valence electrons. The highest BCUT2D eigenvalue weighted by Gasteiger charge is 2.24. The number of halogens is 1. The quantitative estimate of drug-likeness (QED) is 0.779. The first-order valence-corrected chi connectivity index (χ1v) is 7.75. The molecule has 1 aromatic heterocycles. The van der Waals surface area contributed by atoms with Crippen molar-refractivity contribution in [3.8, 4) is 11.1 Å². The van der Waals surface area contributed by atoms with Crippen molar-refractivity contribution in [2.24, 2.45) is 5.73 Å². The first-order valence-electron chi connectivity index (χ1n) is 7.37. The maximum Gasteiger partial charge on any atom is 0.254 e. The van der Waals surface area contributed by atoms with Gasteiger partial charge in [0.05, 0.1) is 11.6 Å². The van der Waals surface area contributed by atoms with E-state index in [2.05, 4.69) is 6.07 Å². The number of rotatable bonds is 2. The van der Waals surface area contributed by atoms with Gasteiger partial charge in [-0.15, -0.1) is 0 Å². The fourth-order valence-corrected chi connectivity index (χ4v) is 3.34. The average molecular weight is 327 g/mol. The molecule has 23 heavy (non-hydrogen) atoms. The van der Waals surface area contributed by atoms with Crippen molar-refractivity contribution in [2.45, 2.75) is 13.1 Å². The Bertz CT molecular complexity index is 946. The molecule has 0 aliphatic carbocycles. The molecule has 0 spiro atoms. The zero-order valence-electron chi connectivity index (χ0n) is 12.6. The third-order valence-electron chi connectivity index (χ3n) is 4.25. The highest BCUT2D eigenvalue weighted by molar-refractivity contribution is 6.35. The molecular weight excluding hydrogens is 312 g/mol. The van der Waals surface area contributed by atoms with Crippen LogP contribution in [0.3, 0.4) is 0 Å². The van der Waals surface area contributed by atoms with Crippen LogP contribution in [0.15, 0.2) is 40.8 Å². The molecule has 0 saturated heterocycles. The monoisotopic (exact) mass is 326 g/mol. The van der Waals surface area contributed by atoms with Crippen LogP contribution in [0.25, 0.3) is 22.1 Å². The molecule has 0 fully saturated rings. The van der Waals surface area contributed by atoms with Crippen molar-refractivity contribution < 1.29 is 9.21 Å². The average Bonchev–Trinajstić information content (AvgIpc) is 3.09. The number of nitrogens with two attached hydrogens (primary N) is 1. The number of furan rings is 1. The number of hydrogen-bond acceptors (Lipinski definition) is 3. The number of nitrogens with zero attached hydrogens (tertiary/aromatic N) is 1. The van der Waals surface area contributed by atoms with Crippen molar-refractivity contribution >= 4 is 28.5 Å². The van der Waals surface area contributed by atoms with Crippen LogP contribution >= 0.6 is 11.6 Å². The molecule has 0 bridgehead atoms. The van der Waals surface area contributed by atoms with Gasteiger partial charge in [0.25, 0.3) is 5.91 Å². The lowest BCUT2D eigenvalue weighted by molar-refractivity contribution is 0.0816. The summed E-state index contributed by atoms with van der Waals surface area (Å²) < 4.78 is 5.63. The van der Waals surface area contributed by atoms with Gasteiger partial charge in [0.2, 0.25) is 0 Å². The van der Waals surface area contributed by atoms with Crippen molar-refractivity contribution in [1.82, 2.24) is 4.90 Å².